The van der Waals surface area contributed by atoms with Crippen LogP contribution in [0.1, 0.15) is 12.8 Å². The van der Waals surface area contributed by atoms with Crippen molar-refractivity contribution in [3.8, 4) is 0 Å². The Morgan fingerprint density at radius 1 is 1.19 bits per heavy atom. The number of carbonyl (C=O) groups is 2. The summed E-state index contributed by atoms with van der Waals surface area (Å²) in [7, 11) is 0. The predicted octanol–water partition coefficient (Wildman–Crippen LogP) is 1.45. The maximum Gasteiger partial charge on any atom is 0.321 e. The lowest BCUT2D eigenvalue weighted by Crippen LogP contribution is -2.37. The summed E-state index contributed by atoms with van der Waals surface area (Å²) in [6.07, 6.45) is 2.00. The summed E-state index contributed by atoms with van der Waals surface area (Å²) in [5, 5.41) is 8.47. The molecule has 0 radical (unpaired) electrons. The smallest absolute Gasteiger partial charge is 0.321 e. The van der Waals surface area contributed by atoms with Crippen molar-refractivity contribution in [2.24, 2.45) is 0 Å². The zero-order valence-electron chi connectivity index (χ0n) is 15.0. The van der Waals surface area contributed by atoms with E-state index in [1.807, 2.05) is 24.3 Å². The first-order chi connectivity index (χ1) is 12.7. The van der Waals surface area contributed by atoms with Gasteiger partial charge in [0.1, 0.15) is 0 Å². The van der Waals surface area contributed by atoms with E-state index < -0.39 is 0 Å². The molecule has 0 spiro atoms. The molecule has 0 aromatic heterocycles. The number of carbonyl (C=O) groups excluding carboxylic acids is 2. The quantitative estimate of drug-likeness (QED) is 0.642. The number of rotatable bonds is 7. The zero-order chi connectivity index (χ0) is 18.2. The van der Waals surface area contributed by atoms with Crippen LogP contribution in [0.4, 0.5) is 21.0 Å². The van der Waals surface area contributed by atoms with Gasteiger partial charge >= 0.3 is 12.1 Å². The predicted molar refractivity (Wildman–Crippen MR) is 101 cm³/mol. The summed E-state index contributed by atoms with van der Waals surface area (Å²) < 4.78 is 5.33. The van der Waals surface area contributed by atoms with E-state index in [4.69, 9.17) is 4.74 Å². The molecule has 142 valence electrons. The average Bonchev–Trinajstić information content (AvgIpc) is 3.08. The highest BCUT2D eigenvalue weighted by atomic mass is 16.5. The molecule has 3 N–H and O–H groups in total. The Labute approximate surface area is 153 Å². The third-order valence-corrected chi connectivity index (χ3v) is 4.56. The van der Waals surface area contributed by atoms with Crippen LogP contribution in [0.15, 0.2) is 24.3 Å². The zero-order valence-corrected chi connectivity index (χ0v) is 15.0. The molecule has 2 aliphatic rings. The van der Waals surface area contributed by atoms with Gasteiger partial charge in [0, 0.05) is 44.1 Å². The molecule has 2 heterocycles. The Balaban J connectivity index is 1.36. The van der Waals surface area contributed by atoms with Crippen LogP contribution in [0.25, 0.3) is 0 Å². The Morgan fingerprint density at radius 3 is 2.81 bits per heavy atom. The number of nitrogens with one attached hydrogen (secondary N) is 3. The summed E-state index contributed by atoms with van der Waals surface area (Å²) in [6.45, 7) is 6.60. The van der Waals surface area contributed by atoms with Gasteiger partial charge in [-0.05, 0) is 37.6 Å². The van der Waals surface area contributed by atoms with E-state index in [1.54, 1.807) is 4.90 Å². The number of anilines is 2. The van der Waals surface area contributed by atoms with Gasteiger partial charge in [0.15, 0.2) is 0 Å². The van der Waals surface area contributed by atoms with Gasteiger partial charge in [0.2, 0.25) is 0 Å². The van der Waals surface area contributed by atoms with E-state index in [0.717, 1.165) is 51.4 Å². The van der Waals surface area contributed by atoms with Crippen LogP contribution in [0.3, 0.4) is 0 Å². The largest absolute Gasteiger partial charge is 0.379 e. The number of unbranched alkanes of at least 4 members (excludes halogenated alkanes) is 1. The van der Waals surface area contributed by atoms with Crippen LogP contribution in [-0.2, 0) is 4.74 Å². The number of hydrogen-bond acceptors (Lipinski definition) is 4. The molecular formula is C18H27N5O3. The van der Waals surface area contributed by atoms with Crippen molar-refractivity contribution in [2.45, 2.75) is 12.8 Å². The monoisotopic (exact) mass is 361 g/mol. The fourth-order valence-corrected chi connectivity index (χ4v) is 3.13. The van der Waals surface area contributed by atoms with E-state index >= 15 is 0 Å². The maximum atomic E-state index is 12.0. The second kappa shape index (κ2) is 9.40. The van der Waals surface area contributed by atoms with E-state index in [-0.39, 0.29) is 12.1 Å². The Morgan fingerprint density at radius 2 is 2.04 bits per heavy atom. The van der Waals surface area contributed by atoms with Gasteiger partial charge in [-0.2, -0.15) is 0 Å². The Bertz CT molecular complexity index is 619. The molecule has 2 saturated heterocycles. The maximum absolute atomic E-state index is 12.0. The lowest BCUT2D eigenvalue weighted by atomic mass is 10.2. The van der Waals surface area contributed by atoms with Crippen molar-refractivity contribution in [1.82, 2.24) is 15.5 Å². The molecule has 0 bridgehead atoms. The van der Waals surface area contributed by atoms with Crippen LogP contribution >= 0.6 is 0 Å². The topological polar surface area (TPSA) is 85.9 Å². The third-order valence-electron chi connectivity index (χ3n) is 4.56. The SMILES string of the molecule is O=C(NCCCCN1CCOCC1)Nc1cccc(N2CCNC2=O)c1. The van der Waals surface area contributed by atoms with Gasteiger partial charge < -0.3 is 20.7 Å². The van der Waals surface area contributed by atoms with Crippen LogP contribution in [-0.4, -0.2) is 69.4 Å². The van der Waals surface area contributed by atoms with Crippen molar-refractivity contribution in [3.05, 3.63) is 24.3 Å². The van der Waals surface area contributed by atoms with Crippen LogP contribution in [0.2, 0.25) is 0 Å². The summed E-state index contributed by atoms with van der Waals surface area (Å²) >= 11 is 0. The molecule has 26 heavy (non-hydrogen) atoms. The average molecular weight is 361 g/mol. The highest BCUT2D eigenvalue weighted by molar-refractivity contribution is 5.95. The molecule has 8 nitrogen and oxygen atoms in total. The van der Waals surface area contributed by atoms with E-state index in [2.05, 4.69) is 20.9 Å². The summed E-state index contributed by atoms with van der Waals surface area (Å²) in [5.41, 5.74) is 1.45. The van der Waals surface area contributed by atoms with Gasteiger partial charge in [0.05, 0.1) is 13.2 Å². The minimum Gasteiger partial charge on any atom is -0.379 e. The first-order valence-electron chi connectivity index (χ1n) is 9.23. The van der Waals surface area contributed by atoms with Crippen LogP contribution in [0.5, 0.6) is 0 Å². The molecule has 0 aliphatic carbocycles. The number of amides is 4. The number of urea groups is 2. The number of benzene rings is 1. The van der Waals surface area contributed by atoms with Crippen molar-refractivity contribution in [1.29, 1.82) is 0 Å². The van der Waals surface area contributed by atoms with Crippen molar-refractivity contribution in [3.63, 3.8) is 0 Å². The lowest BCUT2D eigenvalue weighted by molar-refractivity contribution is 0.0372. The molecule has 1 aromatic rings. The molecule has 1 aromatic carbocycles. The fourth-order valence-electron chi connectivity index (χ4n) is 3.13. The van der Waals surface area contributed by atoms with Gasteiger partial charge in [-0.1, -0.05) is 6.07 Å². The third kappa shape index (κ3) is 5.34. The van der Waals surface area contributed by atoms with Crippen LogP contribution < -0.4 is 20.9 Å². The number of ether oxygens (including phenoxy) is 1. The first kappa shape index (κ1) is 18.5. The van der Waals surface area contributed by atoms with Gasteiger partial charge in [0.25, 0.3) is 0 Å². The summed E-state index contributed by atoms with van der Waals surface area (Å²) in [5.74, 6) is 0. The highest BCUT2D eigenvalue weighted by Crippen LogP contribution is 2.20. The van der Waals surface area contributed by atoms with Crippen LogP contribution in [0, 0.1) is 0 Å². The molecule has 2 aliphatic heterocycles. The minimum atomic E-state index is -0.223. The lowest BCUT2D eigenvalue weighted by Gasteiger charge is -2.26. The number of hydrogen-bond donors (Lipinski definition) is 3. The van der Waals surface area contributed by atoms with Crippen molar-refractivity contribution < 1.29 is 14.3 Å². The first-order valence-corrected chi connectivity index (χ1v) is 9.23. The Kier molecular flexibility index (Phi) is 6.68. The molecular weight excluding hydrogens is 334 g/mol. The Hall–Kier alpha value is -2.32. The molecule has 0 atom stereocenters. The molecule has 0 unspecified atom stereocenters. The second-order valence-corrected chi connectivity index (χ2v) is 6.48. The molecule has 3 rings (SSSR count). The normalized spacial score (nSPS) is 17.8. The molecule has 2 fully saturated rings. The number of morpholine rings is 1. The minimum absolute atomic E-state index is 0.105. The van der Waals surface area contributed by atoms with Gasteiger partial charge in [-0.25, -0.2) is 9.59 Å². The van der Waals surface area contributed by atoms with Crippen molar-refractivity contribution in [2.75, 3.05) is 62.7 Å². The highest BCUT2D eigenvalue weighted by Gasteiger charge is 2.21. The molecule has 4 amide bonds. The van der Waals surface area contributed by atoms with Gasteiger partial charge in [-0.15, -0.1) is 0 Å². The molecule has 8 heteroatoms. The van der Waals surface area contributed by atoms with E-state index in [1.165, 1.54) is 0 Å². The van der Waals surface area contributed by atoms with E-state index in [9.17, 15) is 9.59 Å². The standard InChI is InChI=1S/C18H27N5O3/c24-17(19-6-1-2-8-22-10-12-26-13-11-22)21-15-4-3-5-16(14-15)23-9-7-20-18(23)25/h3-5,14H,1-2,6-13H2,(H,20,25)(H2,19,21,24). The molecule has 0 saturated carbocycles. The second-order valence-electron chi connectivity index (χ2n) is 6.48. The van der Waals surface area contributed by atoms with Gasteiger partial charge in [-0.3, -0.25) is 9.80 Å². The van der Waals surface area contributed by atoms with Crippen molar-refractivity contribution >= 4 is 23.4 Å². The summed E-state index contributed by atoms with van der Waals surface area (Å²) in [4.78, 5) is 27.8. The number of nitrogens with zero attached hydrogens (tertiary/aromatic N) is 2. The summed E-state index contributed by atoms with van der Waals surface area (Å²) in [6, 6.07) is 6.99. The fraction of sp³-hybridized carbons (Fsp3) is 0.556. The van der Waals surface area contributed by atoms with E-state index in [0.29, 0.717) is 25.3 Å².